The highest BCUT2D eigenvalue weighted by molar-refractivity contribution is 7.15. The number of esters is 1. The molecule has 1 aliphatic carbocycles. The van der Waals surface area contributed by atoms with Crippen molar-refractivity contribution in [3.05, 3.63) is 64.8 Å². The molecule has 0 aliphatic heterocycles. The second-order valence-corrected chi connectivity index (χ2v) is 7.39. The van der Waals surface area contributed by atoms with Gasteiger partial charge in [0.1, 0.15) is 5.00 Å². The Bertz CT molecular complexity index is 995. The molecule has 28 heavy (non-hydrogen) atoms. The number of nitrogens with one attached hydrogen (secondary N) is 1. The van der Waals surface area contributed by atoms with Crippen LogP contribution in [0.5, 0.6) is 0 Å². The van der Waals surface area contributed by atoms with Crippen LogP contribution in [0.3, 0.4) is 0 Å². The van der Waals surface area contributed by atoms with Gasteiger partial charge >= 0.3 is 5.97 Å². The van der Waals surface area contributed by atoms with E-state index in [1.807, 2.05) is 35.7 Å². The van der Waals surface area contributed by atoms with E-state index in [0.717, 1.165) is 24.0 Å². The molecule has 1 fully saturated rings. The number of benzene rings is 1. The number of nitrogens with zero attached hydrogens (tertiary/aromatic N) is 2. The van der Waals surface area contributed by atoms with E-state index in [9.17, 15) is 9.59 Å². The van der Waals surface area contributed by atoms with Crippen molar-refractivity contribution in [1.82, 2.24) is 9.97 Å². The van der Waals surface area contributed by atoms with Crippen LogP contribution < -0.4 is 5.32 Å². The standard InChI is InChI=1S/C21H19N3O3S/c1-2-27-21(26)17-16(13-8-9-13)12-28-20(17)24-19(25)15-10-22-18(23-11-15)14-6-4-3-5-7-14/h3-7,10-13H,2,8-9H2,1H3,(H,24,25). The number of ether oxygens (including phenoxy) is 1. The van der Waals surface area contributed by atoms with Crippen LogP contribution in [-0.4, -0.2) is 28.5 Å². The van der Waals surface area contributed by atoms with Crippen LogP contribution in [0.15, 0.2) is 48.1 Å². The number of thiophene rings is 1. The molecule has 142 valence electrons. The summed E-state index contributed by atoms with van der Waals surface area (Å²) >= 11 is 1.35. The molecule has 0 saturated heterocycles. The quantitative estimate of drug-likeness (QED) is 0.623. The SMILES string of the molecule is CCOC(=O)c1c(C2CC2)csc1NC(=O)c1cnc(-c2ccccc2)nc1. The van der Waals surface area contributed by atoms with Gasteiger partial charge in [-0.15, -0.1) is 11.3 Å². The number of hydrogen-bond acceptors (Lipinski definition) is 6. The predicted molar refractivity (Wildman–Crippen MR) is 108 cm³/mol. The van der Waals surface area contributed by atoms with Crippen molar-refractivity contribution < 1.29 is 14.3 Å². The summed E-state index contributed by atoms with van der Waals surface area (Å²) in [6.07, 6.45) is 5.10. The Morgan fingerprint density at radius 2 is 1.89 bits per heavy atom. The molecule has 0 bridgehead atoms. The molecule has 0 atom stereocenters. The van der Waals surface area contributed by atoms with Crippen molar-refractivity contribution in [1.29, 1.82) is 0 Å². The summed E-state index contributed by atoms with van der Waals surface area (Å²) in [7, 11) is 0. The second-order valence-electron chi connectivity index (χ2n) is 6.51. The first-order valence-electron chi connectivity index (χ1n) is 9.14. The van der Waals surface area contributed by atoms with Gasteiger partial charge in [-0.2, -0.15) is 0 Å². The predicted octanol–water partition coefficient (Wildman–Crippen LogP) is 4.51. The lowest BCUT2D eigenvalue weighted by atomic mass is 10.1. The largest absolute Gasteiger partial charge is 0.462 e. The molecule has 1 aromatic carbocycles. The normalized spacial score (nSPS) is 13.2. The van der Waals surface area contributed by atoms with Gasteiger partial charge < -0.3 is 10.1 Å². The van der Waals surface area contributed by atoms with Crippen molar-refractivity contribution in [2.24, 2.45) is 0 Å². The molecule has 1 aliphatic rings. The highest BCUT2D eigenvalue weighted by atomic mass is 32.1. The summed E-state index contributed by atoms with van der Waals surface area (Å²) in [5, 5.41) is 5.28. The third kappa shape index (κ3) is 3.80. The summed E-state index contributed by atoms with van der Waals surface area (Å²) in [5.41, 5.74) is 2.65. The van der Waals surface area contributed by atoms with Gasteiger partial charge in [-0.05, 0) is 36.6 Å². The van der Waals surface area contributed by atoms with Crippen LogP contribution in [0, 0.1) is 0 Å². The molecule has 0 unspecified atom stereocenters. The molecule has 0 radical (unpaired) electrons. The van der Waals surface area contributed by atoms with E-state index in [1.165, 1.54) is 23.7 Å². The molecule has 2 heterocycles. The number of amides is 1. The molecule has 3 aromatic rings. The number of carbonyl (C=O) groups excluding carboxylic acids is 2. The first-order valence-corrected chi connectivity index (χ1v) is 10.0. The minimum atomic E-state index is -0.392. The Morgan fingerprint density at radius 1 is 1.18 bits per heavy atom. The van der Waals surface area contributed by atoms with Gasteiger partial charge in [0.2, 0.25) is 0 Å². The van der Waals surface area contributed by atoms with E-state index in [2.05, 4.69) is 15.3 Å². The van der Waals surface area contributed by atoms with Crippen LogP contribution in [0.2, 0.25) is 0 Å². The fourth-order valence-electron chi connectivity index (χ4n) is 2.93. The lowest BCUT2D eigenvalue weighted by Gasteiger charge is -2.08. The highest BCUT2D eigenvalue weighted by Crippen LogP contribution is 2.46. The molecule has 1 N–H and O–H groups in total. The van der Waals surface area contributed by atoms with Crippen LogP contribution in [0.1, 0.15) is 52.0 Å². The summed E-state index contributed by atoms with van der Waals surface area (Å²) in [4.78, 5) is 33.6. The molecule has 4 rings (SSSR count). The van der Waals surface area contributed by atoms with Crippen molar-refractivity contribution in [3.8, 4) is 11.4 Å². The molecule has 1 saturated carbocycles. The number of aromatic nitrogens is 2. The van der Waals surface area contributed by atoms with Crippen molar-refractivity contribution >= 4 is 28.2 Å². The maximum absolute atomic E-state index is 12.7. The van der Waals surface area contributed by atoms with Crippen LogP contribution in [0.25, 0.3) is 11.4 Å². The van der Waals surface area contributed by atoms with Gasteiger partial charge in [0.05, 0.1) is 17.7 Å². The lowest BCUT2D eigenvalue weighted by Crippen LogP contribution is -2.15. The van der Waals surface area contributed by atoms with E-state index in [1.54, 1.807) is 6.92 Å². The second kappa shape index (κ2) is 7.90. The third-order valence-corrected chi connectivity index (χ3v) is 5.40. The van der Waals surface area contributed by atoms with E-state index >= 15 is 0 Å². The number of anilines is 1. The third-order valence-electron chi connectivity index (χ3n) is 4.49. The van der Waals surface area contributed by atoms with Gasteiger partial charge in [-0.25, -0.2) is 14.8 Å². The van der Waals surface area contributed by atoms with Crippen molar-refractivity contribution in [2.45, 2.75) is 25.7 Å². The van der Waals surface area contributed by atoms with Gasteiger partial charge in [-0.1, -0.05) is 30.3 Å². The number of hydrogen-bond donors (Lipinski definition) is 1. The maximum atomic E-state index is 12.7. The fourth-order valence-corrected chi connectivity index (χ4v) is 3.95. The van der Waals surface area contributed by atoms with Gasteiger partial charge in [-0.3, -0.25) is 4.79 Å². The Balaban J connectivity index is 1.54. The first-order chi connectivity index (χ1) is 13.7. The Morgan fingerprint density at radius 3 is 2.54 bits per heavy atom. The molecule has 7 heteroatoms. The van der Waals surface area contributed by atoms with E-state index in [-0.39, 0.29) is 5.91 Å². The summed E-state index contributed by atoms with van der Waals surface area (Å²) in [5.74, 6) is 0.192. The van der Waals surface area contributed by atoms with Crippen LogP contribution in [-0.2, 0) is 4.74 Å². The van der Waals surface area contributed by atoms with E-state index in [4.69, 9.17) is 4.74 Å². The minimum absolute atomic E-state index is 0.293. The first kappa shape index (κ1) is 18.3. The topological polar surface area (TPSA) is 81.2 Å². The summed E-state index contributed by atoms with van der Waals surface area (Å²) in [6, 6.07) is 9.55. The number of carbonyl (C=O) groups is 2. The zero-order valence-corrected chi connectivity index (χ0v) is 16.2. The van der Waals surface area contributed by atoms with Gasteiger partial charge in [0.25, 0.3) is 5.91 Å². The van der Waals surface area contributed by atoms with Crippen LogP contribution in [0.4, 0.5) is 5.00 Å². The van der Waals surface area contributed by atoms with Crippen LogP contribution >= 0.6 is 11.3 Å². The highest BCUT2D eigenvalue weighted by Gasteiger charge is 2.32. The molecule has 2 aromatic heterocycles. The fraction of sp³-hybridized carbons (Fsp3) is 0.238. The zero-order chi connectivity index (χ0) is 19.5. The van der Waals surface area contributed by atoms with E-state index < -0.39 is 5.97 Å². The number of rotatable bonds is 6. The maximum Gasteiger partial charge on any atom is 0.341 e. The Hall–Kier alpha value is -3.06. The average Bonchev–Trinajstić information content (AvgIpc) is 3.49. The lowest BCUT2D eigenvalue weighted by molar-refractivity contribution is 0.0527. The zero-order valence-electron chi connectivity index (χ0n) is 15.3. The Labute approximate surface area is 166 Å². The summed E-state index contributed by atoms with van der Waals surface area (Å²) < 4.78 is 5.19. The minimum Gasteiger partial charge on any atom is -0.462 e. The van der Waals surface area contributed by atoms with Gasteiger partial charge in [0.15, 0.2) is 5.82 Å². The molecule has 6 nitrogen and oxygen atoms in total. The Kier molecular flexibility index (Phi) is 5.16. The molecular weight excluding hydrogens is 374 g/mol. The summed E-state index contributed by atoms with van der Waals surface area (Å²) in [6.45, 7) is 2.06. The van der Waals surface area contributed by atoms with Gasteiger partial charge in [0, 0.05) is 18.0 Å². The van der Waals surface area contributed by atoms with E-state index in [0.29, 0.717) is 34.5 Å². The molecular formula is C21H19N3O3S. The molecule has 1 amide bonds. The van der Waals surface area contributed by atoms with Crippen molar-refractivity contribution in [3.63, 3.8) is 0 Å². The smallest absolute Gasteiger partial charge is 0.341 e. The van der Waals surface area contributed by atoms with Crippen molar-refractivity contribution in [2.75, 3.05) is 11.9 Å². The molecule has 0 spiro atoms. The monoisotopic (exact) mass is 393 g/mol. The average molecular weight is 393 g/mol.